The lowest BCUT2D eigenvalue weighted by Gasteiger charge is -2.27. The second-order valence-electron chi connectivity index (χ2n) is 4.86. The number of benzene rings is 1. The summed E-state index contributed by atoms with van der Waals surface area (Å²) in [5, 5.41) is 0. The number of hydrogen-bond donors (Lipinski definition) is 0. The van der Waals surface area contributed by atoms with Crippen LogP contribution in [-0.4, -0.2) is 0 Å². The molecule has 2 aliphatic rings. The van der Waals surface area contributed by atoms with Crippen LogP contribution in [0.3, 0.4) is 0 Å². The molecule has 2 atom stereocenters. The molecule has 0 nitrogen and oxygen atoms in total. The lowest BCUT2D eigenvalue weighted by atomic mass is 9.75. The summed E-state index contributed by atoms with van der Waals surface area (Å²) in [6.07, 6.45) is 9.70. The normalized spacial score (nSPS) is 30.2. The van der Waals surface area contributed by atoms with Crippen LogP contribution in [0.1, 0.15) is 12.0 Å². The first-order chi connectivity index (χ1) is 8.28. The molecule has 0 heterocycles. The van der Waals surface area contributed by atoms with Gasteiger partial charge < -0.3 is 0 Å². The van der Waals surface area contributed by atoms with Gasteiger partial charge in [0.15, 0.2) is 0 Å². The molecule has 17 heavy (non-hydrogen) atoms. The molecule has 0 amide bonds. The average Bonchev–Trinajstić information content (AvgIpc) is 2.94. The molecule has 3 rings (SSSR count). The lowest BCUT2D eigenvalue weighted by molar-refractivity contribution is 0.674. The highest BCUT2D eigenvalue weighted by Crippen LogP contribution is 2.53. The molecular formula is C17H16. The van der Waals surface area contributed by atoms with Crippen molar-refractivity contribution in [3.63, 3.8) is 0 Å². The maximum Gasteiger partial charge on any atom is 0.0388 e. The van der Waals surface area contributed by atoms with E-state index in [1.807, 2.05) is 0 Å². The van der Waals surface area contributed by atoms with Gasteiger partial charge in [-0.1, -0.05) is 66.8 Å². The van der Waals surface area contributed by atoms with Crippen LogP contribution in [0, 0.1) is 5.92 Å². The smallest absolute Gasteiger partial charge is 0.0388 e. The van der Waals surface area contributed by atoms with E-state index in [1.54, 1.807) is 0 Å². The molecular weight excluding hydrogens is 204 g/mol. The fourth-order valence-corrected chi connectivity index (χ4v) is 3.14. The molecule has 0 aliphatic heterocycles. The molecule has 84 valence electrons. The van der Waals surface area contributed by atoms with Crippen LogP contribution in [0.5, 0.6) is 0 Å². The van der Waals surface area contributed by atoms with E-state index < -0.39 is 0 Å². The summed E-state index contributed by atoms with van der Waals surface area (Å²) < 4.78 is 0. The number of rotatable bonds is 2. The van der Waals surface area contributed by atoms with Crippen molar-refractivity contribution in [1.29, 1.82) is 0 Å². The van der Waals surface area contributed by atoms with Gasteiger partial charge in [-0.3, -0.25) is 0 Å². The van der Waals surface area contributed by atoms with Crippen LogP contribution >= 0.6 is 0 Å². The van der Waals surface area contributed by atoms with E-state index in [2.05, 4.69) is 67.8 Å². The Balaban J connectivity index is 2.17. The average molecular weight is 220 g/mol. The minimum absolute atomic E-state index is 0.0352. The molecule has 0 heteroatoms. The van der Waals surface area contributed by atoms with Crippen molar-refractivity contribution in [3.8, 4) is 0 Å². The zero-order valence-corrected chi connectivity index (χ0v) is 9.89. The van der Waals surface area contributed by atoms with Crippen molar-refractivity contribution in [1.82, 2.24) is 0 Å². The summed E-state index contributed by atoms with van der Waals surface area (Å²) in [5.74, 6) is 0.424. The van der Waals surface area contributed by atoms with Gasteiger partial charge in [0.25, 0.3) is 0 Å². The Morgan fingerprint density at radius 2 is 2.00 bits per heavy atom. The molecule has 0 saturated heterocycles. The van der Waals surface area contributed by atoms with Crippen molar-refractivity contribution in [2.24, 2.45) is 5.92 Å². The van der Waals surface area contributed by atoms with E-state index in [0.717, 1.165) is 6.42 Å². The molecule has 0 bridgehead atoms. The SMILES string of the molecule is C=CC1(c2ccccc2)CC(=C)C2C=CC=C21. The topological polar surface area (TPSA) is 0 Å². The molecule has 0 spiro atoms. The van der Waals surface area contributed by atoms with Gasteiger partial charge in [0.2, 0.25) is 0 Å². The molecule has 1 aromatic carbocycles. The lowest BCUT2D eigenvalue weighted by Crippen LogP contribution is -2.21. The Bertz CT molecular complexity index is 530. The van der Waals surface area contributed by atoms with Gasteiger partial charge in [-0.05, 0) is 17.6 Å². The van der Waals surface area contributed by atoms with E-state index in [1.165, 1.54) is 16.7 Å². The van der Waals surface area contributed by atoms with Crippen molar-refractivity contribution >= 4 is 0 Å². The summed E-state index contributed by atoms with van der Waals surface area (Å²) in [6, 6.07) is 10.6. The van der Waals surface area contributed by atoms with Gasteiger partial charge in [-0.15, -0.1) is 6.58 Å². The maximum absolute atomic E-state index is 4.23. The highest BCUT2D eigenvalue weighted by molar-refractivity contribution is 5.56. The molecule has 1 fully saturated rings. The van der Waals surface area contributed by atoms with Crippen LogP contribution < -0.4 is 0 Å². The first kappa shape index (κ1) is 10.3. The third kappa shape index (κ3) is 1.30. The summed E-state index contributed by atoms with van der Waals surface area (Å²) in [5.41, 5.74) is 4.03. The van der Waals surface area contributed by atoms with Crippen molar-refractivity contribution in [3.05, 3.63) is 84.5 Å². The Hall–Kier alpha value is -1.82. The fourth-order valence-electron chi connectivity index (χ4n) is 3.14. The first-order valence-electron chi connectivity index (χ1n) is 6.03. The summed E-state index contributed by atoms with van der Waals surface area (Å²) in [4.78, 5) is 0. The Morgan fingerprint density at radius 3 is 2.71 bits per heavy atom. The molecule has 1 saturated carbocycles. The summed E-state index contributed by atoms with van der Waals surface area (Å²) >= 11 is 0. The van der Waals surface area contributed by atoms with E-state index >= 15 is 0 Å². The minimum Gasteiger partial charge on any atom is -0.102 e. The predicted octanol–water partition coefficient (Wildman–Crippen LogP) is 4.18. The van der Waals surface area contributed by atoms with Gasteiger partial charge in [0.05, 0.1) is 0 Å². The van der Waals surface area contributed by atoms with Gasteiger partial charge in [-0.25, -0.2) is 0 Å². The predicted molar refractivity (Wildman–Crippen MR) is 72.8 cm³/mol. The molecule has 0 aromatic heterocycles. The van der Waals surface area contributed by atoms with Gasteiger partial charge in [-0.2, -0.15) is 0 Å². The highest BCUT2D eigenvalue weighted by atomic mass is 14.5. The van der Waals surface area contributed by atoms with Crippen molar-refractivity contribution in [2.45, 2.75) is 11.8 Å². The van der Waals surface area contributed by atoms with Gasteiger partial charge in [0.1, 0.15) is 0 Å². The molecule has 2 aliphatic carbocycles. The van der Waals surface area contributed by atoms with Crippen molar-refractivity contribution < 1.29 is 0 Å². The first-order valence-corrected chi connectivity index (χ1v) is 6.03. The zero-order chi connectivity index (χ0) is 11.9. The van der Waals surface area contributed by atoms with Crippen LogP contribution in [0.25, 0.3) is 0 Å². The molecule has 2 unspecified atom stereocenters. The quantitative estimate of drug-likeness (QED) is 0.656. The van der Waals surface area contributed by atoms with Crippen LogP contribution in [0.4, 0.5) is 0 Å². The van der Waals surface area contributed by atoms with E-state index in [-0.39, 0.29) is 5.41 Å². The fraction of sp³-hybridized carbons (Fsp3) is 0.176. The maximum atomic E-state index is 4.23. The summed E-state index contributed by atoms with van der Waals surface area (Å²) in [7, 11) is 0. The zero-order valence-electron chi connectivity index (χ0n) is 9.89. The Labute approximate surface area is 103 Å². The van der Waals surface area contributed by atoms with Crippen molar-refractivity contribution in [2.75, 3.05) is 0 Å². The van der Waals surface area contributed by atoms with E-state index in [0.29, 0.717) is 5.92 Å². The third-order valence-electron chi connectivity index (χ3n) is 4.01. The molecule has 1 aromatic rings. The molecule has 0 N–H and O–H groups in total. The minimum atomic E-state index is -0.0352. The standard InChI is InChI=1S/C17H16/c1-3-17(14-8-5-4-6-9-14)12-13(2)15-10-7-11-16(15)17/h3-11,15H,1-2,12H2. The van der Waals surface area contributed by atoms with Gasteiger partial charge in [0, 0.05) is 11.3 Å². The highest BCUT2D eigenvalue weighted by Gasteiger charge is 2.44. The Kier molecular flexibility index (Phi) is 2.19. The van der Waals surface area contributed by atoms with Crippen LogP contribution in [0.2, 0.25) is 0 Å². The number of fused-ring (bicyclic) bond motifs is 1. The number of allylic oxidation sites excluding steroid dienone is 6. The van der Waals surface area contributed by atoms with Crippen LogP contribution in [0.15, 0.2) is 78.9 Å². The largest absolute Gasteiger partial charge is 0.102 e. The van der Waals surface area contributed by atoms with E-state index in [9.17, 15) is 0 Å². The summed E-state index contributed by atoms with van der Waals surface area (Å²) in [6.45, 7) is 8.30. The molecule has 0 radical (unpaired) electrons. The monoisotopic (exact) mass is 220 g/mol. The Morgan fingerprint density at radius 1 is 1.24 bits per heavy atom. The second kappa shape index (κ2) is 3.59. The number of hydrogen-bond acceptors (Lipinski definition) is 0. The van der Waals surface area contributed by atoms with Gasteiger partial charge >= 0.3 is 0 Å². The third-order valence-corrected chi connectivity index (χ3v) is 4.01. The van der Waals surface area contributed by atoms with E-state index in [4.69, 9.17) is 0 Å². The second-order valence-corrected chi connectivity index (χ2v) is 4.86. The van der Waals surface area contributed by atoms with Crippen LogP contribution in [-0.2, 0) is 5.41 Å².